The molecule has 0 saturated heterocycles. The summed E-state index contributed by atoms with van der Waals surface area (Å²) >= 11 is 0. The van der Waals surface area contributed by atoms with Crippen LogP contribution in [0.1, 0.15) is 16.7 Å². The molecule has 24 heavy (non-hydrogen) atoms. The van der Waals surface area contributed by atoms with Gasteiger partial charge < -0.3 is 16.0 Å². The van der Waals surface area contributed by atoms with E-state index in [9.17, 15) is 14.0 Å². The normalized spacial score (nSPS) is 10.2. The number of hydrogen-bond acceptors (Lipinski definition) is 2. The number of rotatable bonds is 4. The SMILES string of the molecule is Cc1cc(C)c(NC(=O)CNC(=O)Nc2cccc(F)c2)c(C)c1. The van der Waals surface area contributed by atoms with Gasteiger partial charge in [0.15, 0.2) is 0 Å². The van der Waals surface area contributed by atoms with Crippen LogP contribution >= 0.6 is 0 Å². The van der Waals surface area contributed by atoms with E-state index in [1.165, 1.54) is 18.2 Å². The van der Waals surface area contributed by atoms with E-state index in [0.29, 0.717) is 5.69 Å². The first-order chi connectivity index (χ1) is 11.3. The Kier molecular flexibility index (Phi) is 5.52. The van der Waals surface area contributed by atoms with E-state index in [1.807, 2.05) is 32.9 Å². The second-order valence-corrected chi connectivity index (χ2v) is 5.64. The lowest BCUT2D eigenvalue weighted by Gasteiger charge is -2.13. The Morgan fingerprint density at radius 3 is 2.29 bits per heavy atom. The molecule has 5 nitrogen and oxygen atoms in total. The van der Waals surface area contributed by atoms with Crippen LogP contribution in [-0.4, -0.2) is 18.5 Å². The average molecular weight is 329 g/mol. The quantitative estimate of drug-likeness (QED) is 0.803. The second-order valence-electron chi connectivity index (χ2n) is 5.64. The Morgan fingerprint density at radius 2 is 1.67 bits per heavy atom. The van der Waals surface area contributed by atoms with Crippen LogP contribution < -0.4 is 16.0 Å². The number of amides is 3. The maximum atomic E-state index is 13.0. The van der Waals surface area contributed by atoms with Gasteiger partial charge in [0.25, 0.3) is 0 Å². The van der Waals surface area contributed by atoms with Crippen molar-refractivity contribution in [1.29, 1.82) is 0 Å². The fourth-order valence-corrected chi connectivity index (χ4v) is 2.46. The summed E-state index contributed by atoms with van der Waals surface area (Å²) in [6.45, 7) is 5.64. The summed E-state index contributed by atoms with van der Waals surface area (Å²) in [7, 11) is 0. The maximum absolute atomic E-state index is 13.0. The topological polar surface area (TPSA) is 70.2 Å². The van der Waals surface area contributed by atoms with Gasteiger partial charge in [0.05, 0.1) is 6.54 Å². The average Bonchev–Trinajstić information content (AvgIpc) is 2.49. The maximum Gasteiger partial charge on any atom is 0.319 e. The molecule has 2 aromatic carbocycles. The van der Waals surface area contributed by atoms with Gasteiger partial charge in [-0.3, -0.25) is 4.79 Å². The number of carbonyl (C=O) groups excluding carboxylic acids is 2. The number of halogens is 1. The molecule has 0 bridgehead atoms. The van der Waals surface area contributed by atoms with Gasteiger partial charge in [0.2, 0.25) is 5.91 Å². The minimum Gasteiger partial charge on any atom is -0.329 e. The highest BCUT2D eigenvalue weighted by Crippen LogP contribution is 2.21. The number of urea groups is 1. The third-order valence-corrected chi connectivity index (χ3v) is 3.43. The molecule has 0 fully saturated rings. The summed E-state index contributed by atoms with van der Waals surface area (Å²) < 4.78 is 13.0. The molecule has 0 atom stereocenters. The predicted octanol–water partition coefficient (Wildman–Crippen LogP) is 3.51. The zero-order chi connectivity index (χ0) is 17.7. The fraction of sp³-hybridized carbons (Fsp3) is 0.222. The highest BCUT2D eigenvalue weighted by Gasteiger charge is 2.10. The molecule has 3 N–H and O–H groups in total. The number of nitrogens with one attached hydrogen (secondary N) is 3. The summed E-state index contributed by atoms with van der Waals surface area (Å²) in [6.07, 6.45) is 0. The minimum atomic E-state index is -0.576. The Balaban J connectivity index is 1.88. The van der Waals surface area contributed by atoms with Crippen LogP contribution in [0.25, 0.3) is 0 Å². The lowest BCUT2D eigenvalue weighted by molar-refractivity contribution is -0.115. The number of hydrogen-bond donors (Lipinski definition) is 3. The highest BCUT2D eigenvalue weighted by molar-refractivity contribution is 5.97. The van der Waals surface area contributed by atoms with Gasteiger partial charge in [-0.2, -0.15) is 0 Å². The van der Waals surface area contributed by atoms with Crippen LogP contribution in [0.4, 0.5) is 20.6 Å². The number of aryl methyl sites for hydroxylation is 3. The lowest BCUT2D eigenvalue weighted by Crippen LogP contribution is -2.36. The van der Waals surface area contributed by atoms with Crippen molar-refractivity contribution in [2.75, 3.05) is 17.2 Å². The lowest BCUT2D eigenvalue weighted by atomic mass is 10.1. The van der Waals surface area contributed by atoms with Crippen molar-refractivity contribution in [2.24, 2.45) is 0 Å². The molecule has 6 heteroatoms. The molecule has 0 saturated carbocycles. The van der Waals surface area contributed by atoms with Crippen molar-refractivity contribution in [3.63, 3.8) is 0 Å². The summed E-state index contributed by atoms with van der Waals surface area (Å²) in [6, 6.07) is 8.90. The van der Waals surface area contributed by atoms with Gasteiger partial charge in [0, 0.05) is 11.4 Å². The third kappa shape index (κ3) is 4.81. The summed E-state index contributed by atoms with van der Waals surface area (Å²) in [4.78, 5) is 23.7. The second kappa shape index (κ2) is 7.59. The first kappa shape index (κ1) is 17.5. The molecule has 0 heterocycles. The van der Waals surface area contributed by atoms with Crippen LogP contribution in [0.5, 0.6) is 0 Å². The van der Waals surface area contributed by atoms with Gasteiger partial charge in [-0.05, 0) is 50.1 Å². The number of carbonyl (C=O) groups is 2. The highest BCUT2D eigenvalue weighted by atomic mass is 19.1. The van der Waals surface area contributed by atoms with Crippen molar-refractivity contribution < 1.29 is 14.0 Å². The molecule has 0 aliphatic heterocycles. The Bertz CT molecular complexity index is 752. The van der Waals surface area contributed by atoms with Crippen LogP contribution in [0.2, 0.25) is 0 Å². The van der Waals surface area contributed by atoms with E-state index < -0.39 is 11.8 Å². The summed E-state index contributed by atoms with van der Waals surface area (Å²) in [5.41, 5.74) is 4.11. The molecule has 3 amide bonds. The van der Waals surface area contributed by atoms with Crippen molar-refractivity contribution in [1.82, 2.24) is 5.32 Å². The summed E-state index contributed by atoms with van der Waals surface area (Å²) in [5.74, 6) is -0.782. The minimum absolute atomic E-state index is 0.187. The van der Waals surface area contributed by atoms with Gasteiger partial charge >= 0.3 is 6.03 Å². The predicted molar refractivity (Wildman–Crippen MR) is 92.7 cm³/mol. The molecular formula is C18H20FN3O2. The van der Waals surface area contributed by atoms with E-state index in [4.69, 9.17) is 0 Å². The van der Waals surface area contributed by atoms with E-state index in [2.05, 4.69) is 16.0 Å². The van der Waals surface area contributed by atoms with Crippen LogP contribution in [0.15, 0.2) is 36.4 Å². The molecule has 2 aromatic rings. The van der Waals surface area contributed by atoms with Crippen LogP contribution in [0.3, 0.4) is 0 Å². The molecule has 0 aromatic heterocycles. The van der Waals surface area contributed by atoms with Gasteiger partial charge in [0.1, 0.15) is 5.82 Å². The van der Waals surface area contributed by atoms with Gasteiger partial charge in [-0.1, -0.05) is 23.8 Å². The number of benzene rings is 2. The Hall–Kier alpha value is -2.89. The molecule has 0 aliphatic rings. The Morgan fingerprint density at radius 1 is 1.00 bits per heavy atom. The van der Waals surface area contributed by atoms with Crippen molar-refractivity contribution in [2.45, 2.75) is 20.8 Å². The standard InChI is InChI=1S/C18H20FN3O2/c1-11-7-12(2)17(13(3)8-11)22-16(23)10-20-18(24)21-15-6-4-5-14(19)9-15/h4-9H,10H2,1-3H3,(H,22,23)(H2,20,21,24). The first-order valence-electron chi connectivity index (χ1n) is 7.53. The Labute approximate surface area is 140 Å². The third-order valence-electron chi connectivity index (χ3n) is 3.43. The largest absolute Gasteiger partial charge is 0.329 e. The van der Waals surface area contributed by atoms with Crippen LogP contribution in [-0.2, 0) is 4.79 Å². The first-order valence-corrected chi connectivity index (χ1v) is 7.53. The molecule has 0 unspecified atom stereocenters. The molecule has 0 aliphatic carbocycles. The number of anilines is 2. The van der Waals surface area contributed by atoms with E-state index in [-0.39, 0.29) is 12.5 Å². The fourth-order valence-electron chi connectivity index (χ4n) is 2.46. The monoisotopic (exact) mass is 329 g/mol. The molecular weight excluding hydrogens is 309 g/mol. The zero-order valence-corrected chi connectivity index (χ0v) is 13.9. The van der Waals surface area contributed by atoms with Crippen molar-refractivity contribution >= 4 is 23.3 Å². The van der Waals surface area contributed by atoms with Crippen molar-refractivity contribution in [3.8, 4) is 0 Å². The molecule has 0 spiro atoms. The molecule has 2 rings (SSSR count). The van der Waals surface area contributed by atoms with Crippen molar-refractivity contribution in [3.05, 3.63) is 58.9 Å². The smallest absolute Gasteiger partial charge is 0.319 e. The molecule has 0 radical (unpaired) electrons. The van der Waals surface area contributed by atoms with E-state index in [1.54, 1.807) is 6.07 Å². The zero-order valence-electron chi connectivity index (χ0n) is 13.9. The van der Waals surface area contributed by atoms with Gasteiger partial charge in [-0.25, -0.2) is 9.18 Å². The van der Waals surface area contributed by atoms with E-state index in [0.717, 1.165) is 22.4 Å². The van der Waals surface area contributed by atoms with E-state index >= 15 is 0 Å². The van der Waals surface area contributed by atoms with Gasteiger partial charge in [-0.15, -0.1) is 0 Å². The summed E-state index contributed by atoms with van der Waals surface area (Å²) in [5, 5.41) is 7.69. The van der Waals surface area contributed by atoms with Crippen LogP contribution in [0, 0.1) is 26.6 Å². The molecule has 126 valence electrons.